The molecule has 0 saturated heterocycles. The summed E-state index contributed by atoms with van der Waals surface area (Å²) in [6, 6.07) is 0. The fourth-order valence-corrected chi connectivity index (χ4v) is 1.54. The highest BCUT2D eigenvalue weighted by Gasteiger charge is 2.26. The number of nitrogens with zero attached hydrogens (tertiary/aromatic N) is 1. The number of thioether (sulfide) groups is 1. The minimum absolute atomic E-state index is 0.0751. The van der Waals surface area contributed by atoms with Gasteiger partial charge in [0.05, 0.1) is 5.25 Å². The van der Waals surface area contributed by atoms with E-state index in [0.717, 1.165) is 11.8 Å². The predicted molar refractivity (Wildman–Crippen MR) is 42.2 cm³/mol. The van der Waals surface area contributed by atoms with E-state index in [1.807, 2.05) is 0 Å². The molecule has 0 aromatic rings. The Hall–Kier alpha value is -1.04. The van der Waals surface area contributed by atoms with Crippen LogP contribution in [0.3, 0.4) is 0 Å². The Balaban J connectivity index is 2.57. The zero-order chi connectivity index (χ0) is 8.43. The Labute approximate surface area is 67.2 Å². The second-order valence-corrected chi connectivity index (χ2v) is 3.23. The van der Waals surface area contributed by atoms with Gasteiger partial charge in [0, 0.05) is 6.42 Å². The Kier molecular flexibility index (Phi) is 2.13. The molecule has 1 aliphatic heterocycles. The second-order valence-electron chi connectivity index (χ2n) is 2.08. The standard InChI is InChI=1S/C5H7N3O2S/c6-3(9)1-2-4(7)8-5(10)11-2/h2H,1H2,(H2,6,9)(H2,7,8,10)/t2-/m0/s1. The van der Waals surface area contributed by atoms with Crippen LogP contribution in [0.1, 0.15) is 6.42 Å². The third kappa shape index (κ3) is 1.94. The smallest absolute Gasteiger partial charge is 0.307 e. The van der Waals surface area contributed by atoms with Gasteiger partial charge >= 0.3 is 5.24 Å². The van der Waals surface area contributed by atoms with Gasteiger partial charge in [-0.2, -0.15) is 4.99 Å². The zero-order valence-corrected chi connectivity index (χ0v) is 6.43. The van der Waals surface area contributed by atoms with Crippen molar-refractivity contribution in [3.63, 3.8) is 0 Å². The van der Waals surface area contributed by atoms with Gasteiger partial charge in [0.1, 0.15) is 5.84 Å². The van der Waals surface area contributed by atoms with Crippen molar-refractivity contribution in [1.82, 2.24) is 0 Å². The monoisotopic (exact) mass is 173 g/mol. The maximum absolute atomic E-state index is 10.6. The maximum Gasteiger partial charge on any atom is 0.307 e. The third-order valence-electron chi connectivity index (χ3n) is 1.18. The van der Waals surface area contributed by atoms with Gasteiger partial charge < -0.3 is 11.5 Å². The minimum Gasteiger partial charge on any atom is -0.386 e. The van der Waals surface area contributed by atoms with Crippen LogP contribution in [0.4, 0.5) is 4.79 Å². The minimum atomic E-state index is -0.477. The summed E-state index contributed by atoms with van der Waals surface area (Å²) in [5.41, 5.74) is 10.2. The van der Waals surface area contributed by atoms with E-state index in [2.05, 4.69) is 4.99 Å². The largest absolute Gasteiger partial charge is 0.386 e. The van der Waals surface area contributed by atoms with Gasteiger partial charge in [-0.05, 0) is 0 Å². The lowest BCUT2D eigenvalue weighted by Crippen LogP contribution is -2.27. The van der Waals surface area contributed by atoms with Crippen molar-refractivity contribution in [2.45, 2.75) is 11.7 Å². The van der Waals surface area contributed by atoms with Gasteiger partial charge in [-0.15, -0.1) is 0 Å². The highest BCUT2D eigenvalue weighted by atomic mass is 32.2. The molecule has 1 heterocycles. The number of carbonyl (C=O) groups is 2. The van der Waals surface area contributed by atoms with Gasteiger partial charge in [-0.25, -0.2) is 0 Å². The summed E-state index contributed by atoms with van der Waals surface area (Å²) < 4.78 is 0. The fourth-order valence-electron chi connectivity index (χ4n) is 0.715. The van der Waals surface area contributed by atoms with Gasteiger partial charge in [0.2, 0.25) is 5.91 Å². The second kappa shape index (κ2) is 2.91. The molecule has 0 bridgehead atoms. The lowest BCUT2D eigenvalue weighted by Gasteiger charge is -2.02. The lowest BCUT2D eigenvalue weighted by molar-refractivity contribution is -0.117. The van der Waals surface area contributed by atoms with Gasteiger partial charge in [0.25, 0.3) is 0 Å². The average Bonchev–Trinajstić information content (AvgIpc) is 2.09. The first kappa shape index (κ1) is 8.06. The molecule has 0 aromatic heterocycles. The van der Waals surface area contributed by atoms with E-state index in [1.54, 1.807) is 0 Å². The van der Waals surface area contributed by atoms with E-state index in [-0.39, 0.29) is 22.7 Å². The normalized spacial score (nSPS) is 23.5. The molecule has 60 valence electrons. The predicted octanol–water partition coefficient (Wildman–Crippen LogP) is -0.546. The molecule has 0 spiro atoms. The molecular weight excluding hydrogens is 166 g/mol. The third-order valence-corrected chi connectivity index (χ3v) is 2.17. The van der Waals surface area contributed by atoms with Crippen LogP contribution in [0.5, 0.6) is 0 Å². The highest BCUT2D eigenvalue weighted by Crippen LogP contribution is 2.23. The molecule has 2 amide bonds. The molecule has 0 saturated carbocycles. The average molecular weight is 173 g/mol. The number of amides is 2. The van der Waals surface area contributed by atoms with Crippen LogP contribution in [0.2, 0.25) is 0 Å². The van der Waals surface area contributed by atoms with Crippen LogP contribution < -0.4 is 11.5 Å². The molecule has 1 aliphatic rings. The SMILES string of the molecule is NC(=O)C[C@@H]1SC(=O)N=C1N. The molecule has 1 rings (SSSR count). The number of carbonyl (C=O) groups excluding carboxylic acids is 2. The molecule has 11 heavy (non-hydrogen) atoms. The van der Waals surface area contributed by atoms with Crippen molar-refractivity contribution in [2.24, 2.45) is 16.5 Å². The number of hydrogen-bond acceptors (Lipinski definition) is 4. The molecular formula is C5H7N3O2S. The molecule has 0 fully saturated rings. The summed E-state index contributed by atoms with van der Waals surface area (Å²) in [7, 11) is 0. The number of amidine groups is 1. The van der Waals surface area contributed by atoms with E-state index >= 15 is 0 Å². The van der Waals surface area contributed by atoms with Crippen LogP contribution >= 0.6 is 11.8 Å². The Morgan fingerprint density at radius 1 is 1.73 bits per heavy atom. The first-order valence-electron chi connectivity index (χ1n) is 2.92. The summed E-state index contributed by atoms with van der Waals surface area (Å²) in [6.07, 6.45) is 0.0751. The van der Waals surface area contributed by atoms with Crippen LogP contribution in [0.25, 0.3) is 0 Å². The number of aliphatic imine (C=N–C) groups is 1. The quantitative estimate of drug-likeness (QED) is 0.585. The molecule has 1 atom stereocenters. The van der Waals surface area contributed by atoms with Gasteiger partial charge in [-0.3, -0.25) is 9.59 Å². The van der Waals surface area contributed by atoms with E-state index < -0.39 is 5.91 Å². The Bertz CT molecular complexity index is 238. The van der Waals surface area contributed by atoms with Gasteiger partial charge in [0.15, 0.2) is 0 Å². The first-order valence-corrected chi connectivity index (χ1v) is 3.80. The van der Waals surface area contributed by atoms with E-state index in [1.165, 1.54) is 0 Å². The van der Waals surface area contributed by atoms with Crippen molar-refractivity contribution in [2.75, 3.05) is 0 Å². The Morgan fingerprint density at radius 3 is 2.73 bits per heavy atom. The molecule has 0 aromatic carbocycles. The summed E-state index contributed by atoms with van der Waals surface area (Å²) in [4.78, 5) is 24.4. The van der Waals surface area contributed by atoms with E-state index in [0.29, 0.717) is 0 Å². The Morgan fingerprint density at radius 2 is 2.36 bits per heavy atom. The van der Waals surface area contributed by atoms with Crippen LogP contribution in [-0.4, -0.2) is 22.2 Å². The number of primary amides is 1. The zero-order valence-electron chi connectivity index (χ0n) is 5.61. The van der Waals surface area contributed by atoms with Crippen molar-refractivity contribution >= 4 is 28.7 Å². The topological polar surface area (TPSA) is 98.5 Å². The molecule has 0 radical (unpaired) electrons. The van der Waals surface area contributed by atoms with Crippen LogP contribution in [0.15, 0.2) is 4.99 Å². The maximum atomic E-state index is 10.6. The first-order chi connectivity index (χ1) is 5.09. The molecule has 0 aliphatic carbocycles. The van der Waals surface area contributed by atoms with E-state index in [9.17, 15) is 9.59 Å². The van der Waals surface area contributed by atoms with Gasteiger partial charge in [-0.1, -0.05) is 11.8 Å². The van der Waals surface area contributed by atoms with Crippen molar-refractivity contribution in [1.29, 1.82) is 0 Å². The molecule has 4 N–H and O–H groups in total. The lowest BCUT2D eigenvalue weighted by atomic mass is 10.3. The molecule has 5 nitrogen and oxygen atoms in total. The number of rotatable bonds is 2. The van der Waals surface area contributed by atoms with Crippen LogP contribution in [-0.2, 0) is 4.79 Å². The number of nitrogens with two attached hydrogens (primary N) is 2. The summed E-state index contributed by atoms with van der Waals surface area (Å²) in [5.74, 6) is -0.283. The summed E-state index contributed by atoms with van der Waals surface area (Å²) >= 11 is 0.934. The summed E-state index contributed by atoms with van der Waals surface area (Å²) in [5, 5.41) is -0.700. The fraction of sp³-hybridized carbons (Fsp3) is 0.400. The summed E-state index contributed by atoms with van der Waals surface area (Å²) in [6.45, 7) is 0. The van der Waals surface area contributed by atoms with Crippen molar-refractivity contribution < 1.29 is 9.59 Å². The van der Waals surface area contributed by atoms with Crippen LogP contribution in [0, 0.1) is 0 Å². The molecule has 0 unspecified atom stereocenters. The molecule has 6 heteroatoms. The highest BCUT2D eigenvalue weighted by molar-refractivity contribution is 8.15. The van der Waals surface area contributed by atoms with E-state index in [4.69, 9.17) is 11.5 Å². The number of hydrogen-bond donors (Lipinski definition) is 2. The van der Waals surface area contributed by atoms with Crippen molar-refractivity contribution in [3.8, 4) is 0 Å². The van der Waals surface area contributed by atoms with Crippen molar-refractivity contribution in [3.05, 3.63) is 0 Å².